The van der Waals surface area contributed by atoms with Gasteiger partial charge in [0.2, 0.25) is 0 Å². The predicted molar refractivity (Wildman–Crippen MR) is 79.6 cm³/mol. The molecule has 1 aromatic carbocycles. The van der Waals surface area contributed by atoms with E-state index >= 15 is 0 Å². The third-order valence-corrected chi connectivity index (χ3v) is 3.95. The van der Waals surface area contributed by atoms with Crippen molar-refractivity contribution in [1.82, 2.24) is 4.90 Å². The molecule has 0 saturated carbocycles. The van der Waals surface area contributed by atoms with Crippen molar-refractivity contribution in [3.63, 3.8) is 0 Å². The number of rotatable bonds is 3. The van der Waals surface area contributed by atoms with Gasteiger partial charge in [-0.3, -0.25) is 4.79 Å². The minimum atomic E-state index is -0.355. The van der Waals surface area contributed by atoms with Gasteiger partial charge in [-0.1, -0.05) is 6.92 Å². The Kier molecular flexibility index (Phi) is 4.57. The van der Waals surface area contributed by atoms with E-state index in [4.69, 9.17) is 15.2 Å². The second-order valence-electron chi connectivity index (χ2n) is 5.38. The summed E-state index contributed by atoms with van der Waals surface area (Å²) in [7, 11) is 3.03. The van der Waals surface area contributed by atoms with Crippen LogP contribution in [0.2, 0.25) is 0 Å². The number of benzene rings is 1. The molecule has 21 heavy (non-hydrogen) atoms. The predicted octanol–water partition coefficient (Wildman–Crippen LogP) is 1.13. The molecule has 116 valence electrons. The second-order valence-corrected chi connectivity index (χ2v) is 5.38. The summed E-state index contributed by atoms with van der Waals surface area (Å²) < 4.78 is 10.4. The number of carbonyl (C=O) groups is 1. The summed E-state index contributed by atoms with van der Waals surface area (Å²) in [5.41, 5.74) is 6.69. The molecular weight excluding hydrogens is 272 g/mol. The maximum Gasteiger partial charge on any atom is 0.256 e. The molecule has 3 N–H and O–H groups in total. The monoisotopic (exact) mass is 294 g/mol. The molecule has 0 aliphatic carbocycles. The number of nitrogens with zero attached hydrogens (tertiary/aromatic N) is 1. The number of anilines is 1. The van der Waals surface area contributed by atoms with Crippen molar-refractivity contribution in [2.75, 3.05) is 33.0 Å². The number of piperidine rings is 1. The summed E-state index contributed by atoms with van der Waals surface area (Å²) in [6.45, 7) is 2.96. The molecule has 0 aromatic heterocycles. The number of likely N-dealkylation sites (tertiary alicyclic amines) is 1. The fourth-order valence-corrected chi connectivity index (χ4v) is 2.55. The summed E-state index contributed by atoms with van der Waals surface area (Å²) in [6.07, 6.45) is 0.222. The molecular formula is C15H22N2O4. The summed E-state index contributed by atoms with van der Waals surface area (Å²) >= 11 is 0. The van der Waals surface area contributed by atoms with Crippen molar-refractivity contribution in [3.05, 3.63) is 17.7 Å². The van der Waals surface area contributed by atoms with E-state index in [0.717, 1.165) is 0 Å². The Balaban J connectivity index is 2.30. The van der Waals surface area contributed by atoms with Crippen LogP contribution >= 0.6 is 0 Å². The Morgan fingerprint density at radius 3 is 2.67 bits per heavy atom. The molecule has 2 unspecified atom stereocenters. The molecule has 1 aromatic rings. The standard InChI is InChI=1S/C15H22N2O4/c1-9-8-17(5-4-12(9)18)15(19)11-6-10(20-2)7-13(21-3)14(11)16/h6-7,9,12,18H,4-5,8,16H2,1-3H3. The molecule has 1 aliphatic heterocycles. The largest absolute Gasteiger partial charge is 0.497 e. The lowest BCUT2D eigenvalue weighted by Gasteiger charge is -2.34. The molecule has 1 saturated heterocycles. The van der Waals surface area contributed by atoms with E-state index in [9.17, 15) is 9.90 Å². The van der Waals surface area contributed by atoms with Crippen LogP contribution in [0.15, 0.2) is 12.1 Å². The number of aliphatic hydroxyl groups is 1. The van der Waals surface area contributed by atoms with Gasteiger partial charge in [0.05, 0.1) is 31.6 Å². The minimum Gasteiger partial charge on any atom is -0.497 e. The number of aliphatic hydroxyl groups excluding tert-OH is 1. The Labute approximate surface area is 124 Å². The molecule has 6 nitrogen and oxygen atoms in total. The van der Waals surface area contributed by atoms with Crippen LogP contribution in [-0.2, 0) is 0 Å². The first kappa shape index (κ1) is 15.4. The topological polar surface area (TPSA) is 85.0 Å². The second kappa shape index (κ2) is 6.22. The molecule has 0 bridgehead atoms. The van der Waals surface area contributed by atoms with Gasteiger partial charge in [0.15, 0.2) is 0 Å². The van der Waals surface area contributed by atoms with Gasteiger partial charge >= 0.3 is 0 Å². The summed E-state index contributed by atoms with van der Waals surface area (Å²) in [5.74, 6) is 0.831. The number of hydrogen-bond donors (Lipinski definition) is 2. The van der Waals surface area contributed by atoms with Crippen molar-refractivity contribution in [1.29, 1.82) is 0 Å². The molecule has 2 atom stereocenters. The quantitative estimate of drug-likeness (QED) is 0.816. The van der Waals surface area contributed by atoms with Gasteiger partial charge in [0.25, 0.3) is 5.91 Å². The summed E-state index contributed by atoms with van der Waals surface area (Å²) in [6, 6.07) is 3.27. The average Bonchev–Trinajstić information content (AvgIpc) is 2.49. The van der Waals surface area contributed by atoms with Gasteiger partial charge in [0, 0.05) is 19.2 Å². The number of nitrogens with two attached hydrogens (primary N) is 1. The summed E-state index contributed by atoms with van der Waals surface area (Å²) in [5, 5.41) is 9.76. The smallest absolute Gasteiger partial charge is 0.256 e. The Morgan fingerprint density at radius 1 is 1.38 bits per heavy atom. The van der Waals surface area contributed by atoms with Crippen molar-refractivity contribution in [3.8, 4) is 11.5 Å². The Bertz CT molecular complexity index is 533. The van der Waals surface area contributed by atoms with E-state index in [1.54, 1.807) is 17.0 Å². The first-order valence-corrected chi connectivity index (χ1v) is 6.96. The van der Waals surface area contributed by atoms with Gasteiger partial charge in [-0.25, -0.2) is 0 Å². The van der Waals surface area contributed by atoms with Gasteiger partial charge in [0.1, 0.15) is 11.5 Å². The molecule has 1 fully saturated rings. The van der Waals surface area contributed by atoms with E-state index < -0.39 is 0 Å². The van der Waals surface area contributed by atoms with Crippen LogP contribution in [0.1, 0.15) is 23.7 Å². The first-order chi connectivity index (χ1) is 9.97. The highest BCUT2D eigenvalue weighted by atomic mass is 16.5. The lowest BCUT2D eigenvalue weighted by Crippen LogP contribution is -2.45. The van der Waals surface area contributed by atoms with Crippen LogP contribution < -0.4 is 15.2 Å². The maximum absolute atomic E-state index is 12.7. The highest BCUT2D eigenvalue weighted by Gasteiger charge is 2.29. The van der Waals surface area contributed by atoms with Crippen molar-refractivity contribution < 1.29 is 19.4 Å². The molecule has 2 rings (SSSR count). The fraction of sp³-hybridized carbons (Fsp3) is 0.533. The average molecular weight is 294 g/mol. The van der Waals surface area contributed by atoms with Crippen LogP contribution in [-0.4, -0.2) is 49.3 Å². The number of hydrogen-bond acceptors (Lipinski definition) is 5. The van der Waals surface area contributed by atoms with Crippen LogP contribution in [0.3, 0.4) is 0 Å². The summed E-state index contributed by atoms with van der Waals surface area (Å²) in [4.78, 5) is 14.4. The molecule has 1 heterocycles. The Hall–Kier alpha value is -1.95. The van der Waals surface area contributed by atoms with Crippen molar-refractivity contribution in [2.24, 2.45) is 5.92 Å². The third-order valence-electron chi connectivity index (χ3n) is 3.95. The maximum atomic E-state index is 12.7. The minimum absolute atomic E-state index is 0.0522. The van der Waals surface area contributed by atoms with E-state index in [0.29, 0.717) is 42.3 Å². The van der Waals surface area contributed by atoms with Gasteiger partial charge in [-0.15, -0.1) is 0 Å². The zero-order chi connectivity index (χ0) is 15.6. The third kappa shape index (κ3) is 3.05. The molecule has 1 amide bonds. The highest BCUT2D eigenvalue weighted by Crippen LogP contribution is 2.32. The van der Waals surface area contributed by atoms with E-state index in [-0.39, 0.29) is 17.9 Å². The van der Waals surface area contributed by atoms with E-state index in [2.05, 4.69) is 0 Å². The lowest BCUT2D eigenvalue weighted by atomic mass is 9.96. The van der Waals surface area contributed by atoms with Crippen molar-refractivity contribution in [2.45, 2.75) is 19.4 Å². The van der Waals surface area contributed by atoms with Crippen molar-refractivity contribution >= 4 is 11.6 Å². The zero-order valence-electron chi connectivity index (χ0n) is 12.6. The van der Waals surface area contributed by atoms with Gasteiger partial charge in [-0.05, 0) is 18.4 Å². The molecule has 0 spiro atoms. The normalized spacial score (nSPS) is 22.0. The van der Waals surface area contributed by atoms with Gasteiger partial charge < -0.3 is 25.2 Å². The number of carbonyl (C=O) groups excluding carboxylic acids is 1. The fourth-order valence-electron chi connectivity index (χ4n) is 2.55. The van der Waals surface area contributed by atoms with E-state index in [1.807, 2.05) is 6.92 Å². The zero-order valence-corrected chi connectivity index (χ0v) is 12.6. The van der Waals surface area contributed by atoms with Crippen LogP contribution in [0, 0.1) is 5.92 Å². The van der Waals surface area contributed by atoms with Gasteiger partial charge in [-0.2, -0.15) is 0 Å². The Morgan fingerprint density at radius 2 is 2.10 bits per heavy atom. The number of amides is 1. The highest BCUT2D eigenvalue weighted by molar-refractivity contribution is 6.01. The molecule has 1 aliphatic rings. The van der Waals surface area contributed by atoms with Crippen LogP contribution in [0.5, 0.6) is 11.5 Å². The number of ether oxygens (including phenoxy) is 2. The molecule has 6 heteroatoms. The van der Waals surface area contributed by atoms with Crippen LogP contribution in [0.25, 0.3) is 0 Å². The number of nitrogen functional groups attached to an aromatic ring is 1. The SMILES string of the molecule is COc1cc(OC)c(N)c(C(=O)N2CCC(O)C(C)C2)c1. The molecule has 0 radical (unpaired) electrons. The lowest BCUT2D eigenvalue weighted by molar-refractivity contribution is 0.0298. The van der Waals surface area contributed by atoms with Crippen LogP contribution in [0.4, 0.5) is 5.69 Å². The van der Waals surface area contributed by atoms with E-state index in [1.165, 1.54) is 14.2 Å². The first-order valence-electron chi connectivity index (χ1n) is 6.96. The number of methoxy groups -OCH3 is 2.